The molecule has 1 aliphatic heterocycles. The van der Waals surface area contributed by atoms with E-state index in [1.807, 2.05) is 0 Å². The smallest absolute Gasteiger partial charge is 0.00159 e. The van der Waals surface area contributed by atoms with Crippen molar-refractivity contribution in [2.45, 2.75) is 32.1 Å². The first-order chi connectivity index (χ1) is 6.27. The Kier molecular flexibility index (Phi) is 2.61. The van der Waals surface area contributed by atoms with Crippen LogP contribution in [-0.2, 0) is 0 Å². The van der Waals surface area contributed by atoms with Crippen LogP contribution in [0, 0.1) is 11.3 Å². The van der Waals surface area contributed by atoms with Crippen LogP contribution in [0.5, 0.6) is 0 Å². The van der Waals surface area contributed by atoms with Crippen LogP contribution in [0.2, 0.25) is 0 Å². The van der Waals surface area contributed by atoms with E-state index in [4.69, 9.17) is 5.73 Å². The standard InChI is InChI=1S/C11H22N2/c1-13-7-2-5-11(9-12,6-8-13)10-3-4-10/h10H,2-9,12H2,1H3. The first-order valence-electron chi connectivity index (χ1n) is 5.65. The minimum Gasteiger partial charge on any atom is -0.330 e. The van der Waals surface area contributed by atoms with Gasteiger partial charge in [-0.05, 0) is 70.1 Å². The highest BCUT2D eigenvalue weighted by molar-refractivity contribution is 4.96. The molecule has 2 aliphatic rings. The van der Waals surface area contributed by atoms with Crippen molar-refractivity contribution < 1.29 is 0 Å². The SMILES string of the molecule is CN1CCCC(CN)(C2CC2)CC1. The lowest BCUT2D eigenvalue weighted by Crippen LogP contribution is -2.33. The molecule has 0 radical (unpaired) electrons. The molecule has 1 heterocycles. The number of likely N-dealkylation sites (tertiary alicyclic amines) is 1. The van der Waals surface area contributed by atoms with Gasteiger partial charge in [0.15, 0.2) is 0 Å². The third-order valence-electron chi connectivity index (χ3n) is 4.06. The van der Waals surface area contributed by atoms with Crippen molar-refractivity contribution >= 4 is 0 Å². The molecule has 1 unspecified atom stereocenters. The van der Waals surface area contributed by atoms with Crippen molar-refractivity contribution in [3.63, 3.8) is 0 Å². The predicted molar refractivity (Wildman–Crippen MR) is 55.6 cm³/mol. The monoisotopic (exact) mass is 182 g/mol. The summed E-state index contributed by atoms with van der Waals surface area (Å²) in [5.74, 6) is 0.976. The predicted octanol–water partition coefficient (Wildman–Crippen LogP) is 1.46. The highest BCUT2D eigenvalue weighted by atomic mass is 15.1. The Morgan fingerprint density at radius 1 is 1.31 bits per heavy atom. The normalized spacial score (nSPS) is 37.4. The highest BCUT2D eigenvalue weighted by Crippen LogP contribution is 2.50. The van der Waals surface area contributed by atoms with Gasteiger partial charge in [0.2, 0.25) is 0 Å². The van der Waals surface area contributed by atoms with Crippen LogP contribution in [0.15, 0.2) is 0 Å². The number of hydrogen-bond acceptors (Lipinski definition) is 2. The summed E-state index contributed by atoms with van der Waals surface area (Å²) in [5, 5.41) is 0. The fraction of sp³-hybridized carbons (Fsp3) is 1.00. The minimum atomic E-state index is 0.533. The van der Waals surface area contributed by atoms with Crippen molar-refractivity contribution in [2.24, 2.45) is 17.1 Å². The van der Waals surface area contributed by atoms with Gasteiger partial charge in [0.05, 0.1) is 0 Å². The number of nitrogens with two attached hydrogens (primary N) is 1. The van der Waals surface area contributed by atoms with Crippen LogP contribution in [-0.4, -0.2) is 31.6 Å². The maximum absolute atomic E-state index is 5.98. The minimum absolute atomic E-state index is 0.533. The summed E-state index contributed by atoms with van der Waals surface area (Å²) in [6, 6.07) is 0. The Balaban J connectivity index is 2.01. The van der Waals surface area contributed by atoms with Gasteiger partial charge in [-0.3, -0.25) is 0 Å². The molecule has 0 amide bonds. The van der Waals surface area contributed by atoms with Crippen LogP contribution in [0.1, 0.15) is 32.1 Å². The molecule has 0 aromatic heterocycles. The van der Waals surface area contributed by atoms with Gasteiger partial charge in [-0.15, -0.1) is 0 Å². The van der Waals surface area contributed by atoms with E-state index in [9.17, 15) is 0 Å². The molecule has 1 atom stereocenters. The van der Waals surface area contributed by atoms with Gasteiger partial charge in [0, 0.05) is 0 Å². The maximum Gasteiger partial charge on any atom is -0.00159 e. The molecular formula is C11H22N2. The van der Waals surface area contributed by atoms with E-state index >= 15 is 0 Å². The van der Waals surface area contributed by atoms with E-state index in [0.717, 1.165) is 12.5 Å². The fourth-order valence-electron chi connectivity index (χ4n) is 2.83. The van der Waals surface area contributed by atoms with E-state index in [2.05, 4.69) is 11.9 Å². The quantitative estimate of drug-likeness (QED) is 0.700. The van der Waals surface area contributed by atoms with Crippen LogP contribution < -0.4 is 5.73 Å². The molecule has 1 saturated carbocycles. The van der Waals surface area contributed by atoms with Gasteiger partial charge in [-0.2, -0.15) is 0 Å². The van der Waals surface area contributed by atoms with Crippen molar-refractivity contribution in [1.29, 1.82) is 0 Å². The summed E-state index contributed by atoms with van der Waals surface area (Å²) >= 11 is 0. The Morgan fingerprint density at radius 3 is 2.69 bits per heavy atom. The number of hydrogen-bond donors (Lipinski definition) is 1. The summed E-state index contributed by atoms with van der Waals surface area (Å²) in [4.78, 5) is 2.46. The summed E-state index contributed by atoms with van der Waals surface area (Å²) in [6.07, 6.45) is 6.95. The highest BCUT2D eigenvalue weighted by Gasteiger charge is 2.44. The molecule has 0 aromatic rings. The molecule has 2 rings (SSSR count). The van der Waals surface area contributed by atoms with E-state index in [-0.39, 0.29) is 0 Å². The van der Waals surface area contributed by atoms with Gasteiger partial charge in [-0.1, -0.05) is 0 Å². The van der Waals surface area contributed by atoms with Crippen molar-refractivity contribution in [3.05, 3.63) is 0 Å². The van der Waals surface area contributed by atoms with Crippen LogP contribution in [0.25, 0.3) is 0 Å². The average Bonchev–Trinajstić information content (AvgIpc) is 2.91. The second kappa shape index (κ2) is 3.58. The average molecular weight is 182 g/mol. The number of rotatable bonds is 2. The molecule has 1 aliphatic carbocycles. The van der Waals surface area contributed by atoms with Gasteiger partial charge in [0.25, 0.3) is 0 Å². The third-order valence-corrected chi connectivity index (χ3v) is 4.06. The summed E-state index contributed by atoms with van der Waals surface area (Å²) in [6.45, 7) is 3.45. The first-order valence-corrected chi connectivity index (χ1v) is 5.65. The topological polar surface area (TPSA) is 29.3 Å². The van der Waals surface area contributed by atoms with Crippen LogP contribution >= 0.6 is 0 Å². The summed E-state index contributed by atoms with van der Waals surface area (Å²) in [7, 11) is 2.24. The Morgan fingerprint density at radius 2 is 2.08 bits per heavy atom. The molecule has 2 nitrogen and oxygen atoms in total. The second-order valence-electron chi connectivity index (χ2n) is 5.00. The first kappa shape index (κ1) is 9.47. The lowest BCUT2D eigenvalue weighted by atomic mass is 9.76. The van der Waals surface area contributed by atoms with Crippen molar-refractivity contribution in [1.82, 2.24) is 4.90 Å². The molecular weight excluding hydrogens is 160 g/mol. The van der Waals surface area contributed by atoms with E-state index in [1.54, 1.807) is 0 Å². The van der Waals surface area contributed by atoms with Gasteiger partial charge < -0.3 is 10.6 Å². The van der Waals surface area contributed by atoms with Crippen molar-refractivity contribution in [3.8, 4) is 0 Å². The lowest BCUT2D eigenvalue weighted by Gasteiger charge is -2.31. The molecule has 0 spiro atoms. The maximum atomic E-state index is 5.98. The summed E-state index contributed by atoms with van der Waals surface area (Å²) in [5.41, 5.74) is 6.51. The molecule has 76 valence electrons. The Bertz CT molecular complexity index is 177. The molecule has 2 N–H and O–H groups in total. The van der Waals surface area contributed by atoms with Crippen LogP contribution in [0.3, 0.4) is 0 Å². The van der Waals surface area contributed by atoms with E-state index < -0.39 is 0 Å². The zero-order chi connectivity index (χ0) is 9.31. The van der Waals surface area contributed by atoms with Gasteiger partial charge in [0.1, 0.15) is 0 Å². The molecule has 1 saturated heterocycles. The zero-order valence-electron chi connectivity index (χ0n) is 8.76. The second-order valence-corrected chi connectivity index (χ2v) is 5.00. The fourth-order valence-corrected chi connectivity index (χ4v) is 2.83. The lowest BCUT2D eigenvalue weighted by molar-refractivity contribution is 0.209. The molecule has 2 fully saturated rings. The number of nitrogens with zero attached hydrogens (tertiary/aromatic N) is 1. The van der Waals surface area contributed by atoms with E-state index in [0.29, 0.717) is 5.41 Å². The Hall–Kier alpha value is -0.0800. The van der Waals surface area contributed by atoms with Crippen LogP contribution in [0.4, 0.5) is 0 Å². The van der Waals surface area contributed by atoms with Crippen molar-refractivity contribution in [2.75, 3.05) is 26.7 Å². The van der Waals surface area contributed by atoms with Gasteiger partial charge >= 0.3 is 0 Å². The molecule has 2 heteroatoms. The van der Waals surface area contributed by atoms with Gasteiger partial charge in [-0.25, -0.2) is 0 Å². The molecule has 0 bridgehead atoms. The Labute approximate surface area is 81.5 Å². The largest absolute Gasteiger partial charge is 0.330 e. The zero-order valence-corrected chi connectivity index (χ0v) is 8.76. The molecule has 0 aromatic carbocycles. The van der Waals surface area contributed by atoms with E-state index in [1.165, 1.54) is 45.2 Å². The third kappa shape index (κ3) is 1.89. The summed E-state index contributed by atoms with van der Waals surface area (Å²) < 4.78 is 0. The molecule has 13 heavy (non-hydrogen) atoms.